The van der Waals surface area contributed by atoms with Crippen LogP contribution in [0.3, 0.4) is 0 Å². The molecule has 0 saturated carbocycles. The van der Waals surface area contributed by atoms with Gasteiger partial charge in [0, 0.05) is 19.2 Å². The van der Waals surface area contributed by atoms with E-state index in [-0.39, 0.29) is 5.91 Å². The molecule has 0 N–H and O–H groups in total. The van der Waals surface area contributed by atoms with E-state index in [9.17, 15) is 4.79 Å². The van der Waals surface area contributed by atoms with Gasteiger partial charge in [0.15, 0.2) is 0 Å². The van der Waals surface area contributed by atoms with Crippen LogP contribution >= 0.6 is 0 Å². The number of rotatable bonds is 3. The van der Waals surface area contributed by atoms with E-state index in [4.69, 9.17) is 4.74 Å². The van der Waals surface area contributed by atoms with Gasteiger partial charge in [-0.25, -0.2) is 9.67 Å². The van der Waals surface area contributed by atoms with Crippen molar-refractivity contribution < 1.29 is 9.53 Å². The van der Waals surface area contributed by atoms with Gasteiger partial charge in [0.05, 0.1) is 6.10 Å². The van der Waals surface area contributed by atoms with Crippen molar-refractivity contribution in [2.24, 2.45) is 0 Å². The number of hydrogen-bond donors (Lipinski definition) is 0. The van der Waals surface area contributed by atoms with Gasteiger partial charge in [-0.05, 0) is 25.7 Å². The van der Waals surface area contributed by atoms with Crippen LogP contribution in [0.2, 0.25) is 0 Å². The van der Waals surface area contributed by atoms with Crippen molar-refractivity contribution >= 4 is 5.91 Å². The standard InChI is InChI=1S/C12H18N4O2/c1-18-11-4-9-2-3-10(5-11)16(9)12(17)6-15-8-13-7-14-15/h7-11H,2-6H2,1H3. The van der Waals surface area contributed by atoms with Crippen molar-refractivity contribution in [2.45, 2.75) is 50.4 Å². The van der Waals surface area contributed by atoms with E-state index >= 15 is 0 Å². The molecule has 0 aromatic carbocycles. The summed E-state index contributed by atoms with van der Waals surface area (Å²) in [6.45, 7) is 0.296. The summed E-state index contributed by atoms with van der Waals surface area (Å²) in [5, 5.41) is 3.99. The molecule has 6 heteroatoms. The molecule has 2 aliphatic rings. The lowest BCUT2D eigenvalue weighted by Crippen LogP contribution is -2.49. The van der Waals surface area contributed by atoms with Gasteiger partial charge < -0.3 is 9.64 Å². The van der Waals surface area contributed by atoms with Gasteiger partial charge in [-0.1, -0.05) is 0 Å². The number of carbonyl (C=O) groups excluding carboxylic acids is 1. The highest BCUT2D eigenvalue weighted by molar-refractivity contribution is 5.77. The lowest BCUT2D eigenvalue weighted by molar-refractivity contribution is -0.138. The third-order valence-corrected chi connectivity index (χ3v) is 4.07. The van der Waals surface area contributed by atoms with E-state index in [0.29, 0.717) is 24.7 Å². The van der Waals surface area contributed by atoms with Crippen LogP contribution in [-0.2, 0) is 16.1 Å². The molecular weight excluding hydrogens is 232 g/mol. The summed E-state index contributed by atoms with van der Waals surface area (Å²) in [5.74, 6) is 0.155. The lowest BCUT2D eigenvalue weighted by Gasteiger charge is -2.38. The lowest BCUT2D eigenvalue weighted by atomic mass is 9.99. The van der Waals surface area contributed by atoms with Gasteiger partial charge in [-0.15, -0.1) is 0 Å². The van der Waals surface area contributed by atoms with E-state index in [1.54, 1.807) is 18.1 Å². The van der Waals surface area contributed by atoms with Gasteiger partial charge in [-0.3, -0.25) is 4.79 Å². The molecule has 0 radical (unpaired) electrons. The van der Waals surface area contributed by atoms with Crippen LogP contribution < -0.4 is 0 Å². The first kappa shape index (κ1) is 11.6. The van der Waals surface area contributed by atoms with Gasteiger partial charge >= 0.3 is 0 Å². The molecule has 2 atom stereocenters. The molecule has 1 amide bonds. The Hall–Kier alpha value is -1.43. The minimum atomic E-state index is 0.155. The van der Waals surface area contributed by atoms with Crippen molar-refractivity contribution in [3.8, 4) is 0 Å². The Morgan fingerprint density at radius 3 is 2.67 bits per heavy atom. The average Bonchev–Trinajstić information content (AvgIpc) is 2.95. The van der Waals surface area contributed by atoms with E-state index in [1.807, 2.05) is 0 Å². The van der Waals surface area contributed by atoms with Crippen molar-refractivity contribution in [1.82, 2.24) is 19.7 Å². The highest BCUT2D eigenvalue weighted by Gasteiger charge is 2.43. The Bertz CT molecular complexity index is 406. The maximum absolute atomic E-state index is 12.3. The van der Waals surface area contributed by atoms with Crippen molar-refractivity contribution in [2.75, 3.05) is 7.11 Å². The van der Waals surface area contributed by atoms with Gasteiger partial charge in [0.2, 0.25) is 5.91 Å². The van der Waals surface area contributed by atoms with E-state index in [1.165, 1.54) is 6.33 Å². The third-order valence-electron chi connectivity index (χ3n) is 4.07. The van der Waals surface area contributed by atoms with Crippen molar-refractivity contribution in [1.29, 1.82) is 0 Å². The maximum atomic E-state index is 12.3. The predicted molar refractivity (Wildman–Crippen MR) is 63.7 cm³/mol. The molecule has 3 heterocycles. The number of hydrogen-bond acceptors (Lipinski definition) is 4. The van der Waals surface area contributed by atoms with Crippen molar-refractivity contribution in [3.63, 3.8) is 0 Å². The van der Waals surface area contributed by atoms with Crippen LogP contribution in [0, 0.1) is 0 Å². The fraction of sp³-hybridized carbons (Fsp3) is 0.750. The summed E-state index contributed by atoms with van der Waals surface area (Å²) in [6.07, 6.45) is 7.51. The maximum Gasteiger partial charge on any atom is 0.244 e. The zero-order chi connectivity index (χ0) is 12.5. The molecular formula is C12H18N4O2. The van der Waals surface area contributed by atoms with E-state index < -0.39 is 0 Å². The smallest absolute Gasteiger partial charge is 0.244 e. The highest BCUT2D eigenvalue weighted by atomic mass is 16.5. The first-order valence-corrected chi connectivity index (χ1v) is 6.44. The summed E-state index contributed by atoms with van der Waals surface area (Å²) >= 11 is 0. The van der Waals surface area contributed by atoms with Crippen LogP contribution in [0.15, 0.2) is 12.7 Å². The fourth-order valence-corrected chi connectivity index (χ4v) is 3.26. The summed E-state index contributed by atoms with van der Waals surface area (Å²) in [4.78, 5) is 18.2. The van der Waals surface area contributed by atoms with E-state index in [0.717, 1.165) is 25.7 Å². The van der Waals surface area contributed by atoms with Crippen LogP contribution in [0.5, 0.6) is 0 Å². The molecule has 0 aliphatic carbocycles. The molecule has 1 aromatic heterocycles. The second kappa shape index (κ2) is 4.68. The van der Waals surface area contributed by atoms with Gasteiger partial charge in [0.25, 0.3) is 0 Å². The Morgan fingerprint density at radius 1 is 1.39 bits per heavy atom. The minimum Gasteiger partial charge on any atom is -0.381 e. The number of carbonyl (C=O) groups is 1. The monoisotopic (exact) mass is 250 g/mol. The largest absolute Gasteiger partial charge is 0.381 e. The predicted octanol–water partition coefficient (Wildman–Crippen LogP) is 0.446. The molecule has 2 saturated heterocycles. The quantitative estimate of drug-likeness (QED) is 0.781. The van der Waals surface area contributed by atoms with Gasteiger partial charge in [-0.2, -0.15) is 5.10 Å². The molecule has 0 spiro atoms. The molecule has 2 fully saturated rings. The highest BCUT2D eigenvalue weighted by Crippen LogP contribution is 2.36. The number of ether oxygens (including phenoxy) is 1. The summed E-state index contributed by atoms with van der Waals surface area (Å²) < 4.78 is 7.03. The zero-order valence-corrected chi connectivity index (χ0v) is 10.5. The number of nitrogens with zero attached hydrogens (tertiary/aromatic N) is 4. The summed E-state index contributed by atoms with van der Waals surface area (Å²) in [7, 11) is 1.76. The van der Waals surface area contributed by atoms with Crippen LogP contribution in [0.4, 0.5) is 0 Å². The second-order valence-electron chi connectivity index (χ2n) is 5.11. The van der Waals surface area contributed by atoms with E-state index in [2.05, 4.69) is 15.0 Å². The molecule has 2 aliphatic heterocycles. The first-order chi connectivity index (χ1) is 8.78. The molecule has 3 rings (SSSR count). The number of amides is 1. The topological polar surface area (TPSA) is 60.2 Å². The number of aromatic nitrogens is 3. The summed E-state index contributed by atoms with van der Waals surface area (Å²) in [6, 6.07) is 0.703. The average molecular weight is 250 g/mol. The Morgan fingerprint density at radius 2 is 2.11 bits per heavy atom. The normalized spacial score (nSPS) is 30.7. The molecule has 2 bridgehead atoms. The SMILES string of the molecule is COC1CC2CCC(C1)N2C(=O)Cn1cncn1. The fourth-order valence-electron chi connectivity index (χ4n) is 3.26. The number of fused-ring (bicyclic) bond motifs is 2. The van der Waals surface area contributed by atoms with Gasteiger partial charge in [0.1, 0.15) is 19.2 Å². The molecule has 18 heavy (non-hydrogen) atoms. The molecule has 2 unspecified atom stereocenters. The Labute approximate surface area is 106 Å². The van der Waals surface area contributed by atoms with Crippen LogP contribution in [0.1, 0.15) is 25.7 Å². The van der Waals surface area contributed by atoms with Crippen LogP contribution in [-0.4, -0.2) is 50.9 Å². The van der Waals surface area contributed by atoms with Crippen LogP contribution in [0.25, 0.3) is 0 Å². The first-order valence-electron chi connectivity index (χ1n) is 6.44. The molecule has 98 valence electrons. The zero-order valence-electron chi connectivity index (χ0n) is 10.5. The number of methoxy groups -OCH3 is 1. The van der Waals surface area contributed by atoms with Crippen molar-refractivity contribution in [3.05, 3.63) is 12.7 Å². The summed E-state index contributed by atoms with van der Waals surface area (Å²) in [5.41, 5.74) is 0. The molecule has 6 nitrogen and oxygen atoms in total. The Balaban J connectivity index is 1.68. The second-order valence-corrected chi connectivity index (χ2v) is 5.11. The molecule has 1 aromatic rings. The third kappa shape index (κ3) is 2.01. The number of piperidine rings is 1. The Kier molecular flexibility index (Phi) is 3.03. The minimum absolute atomic E-state index is 0.155.